The largest absolute Gasteiger partial charge is 0.482 e. The van der Waals surface area contributed by atoms with Gasteiger partial charge in [-0.1, -0.05) is 0 Å². The summed E-state index contributed by atoms with van der Waals surface area (Å²) in [5.74, 6) is -1.74. The molecule has 0 bridgehead atoms. The van der Waals surface area contributed by atoms with E-state index in [0.29, 0.717) is 0 Å². The molecule has 5 nitrogen and oxygen atoms in total. The molecule has 14 heavy (non-hydrogen) atoms. The number of ether oxygens (including phenoxy) is 1. The van der Waals surface area contributed by atoms with Crippen LogP contribution < -0.4 is 15.8 Å². The minimum Gasteiger partial charge on any atom is -0.421 e. The van der Waals surface area contributed by atoms with Crippen LogP contribution in [0, 0.1) is 0 Å². The highest BCUT2D eigenvalue weighted by molar-refractivity contribution is 5.97. The molecule has 0 unspecified atom stereocenters. The minimum absolute atomic E-state index is 0.0964. The van der Waals surface area contributed by atoms with Gasteiger partial charge in [-0.2, -0.15) is 8.78 Å². The molecule has 1 amide bonds. The van der Waals surface area contributed by atoms with Crippen molar-refractivity contribution in [2.75, 3.05) is 11.1 Å². The van der Waals surface area contributed by atoms with Crippen LogP contribution in [0.1, 0.15) is 0 Å². The molecule has 2 heterocycles. The fourth-order valence-corrected chi connectivity index (χ4v) is 0.998. The lowest BCUT2D eigenvalue weighted by Gasteiger charge is -2.23. The monoisotopic (exact) mass is 201 g/mol. The van der Waals surface area contributed by atoms with Gasteiger partial charge in [0.25, 0.3) is 0 Å². The maximum atomic E-state index is 12.7. The van der Waals surface area contributed by atoms with Crippen molar-refractivity contribution in [2.45, 2.75) is 6.11 Å². The van der Waals surface area contributed by atoms with E-state index in [-0.39, 0.29) is 17.4 Å². The molecule has 2 rings (SSSR count). The molecule has 1 aliphatic rings. The highest BCUT2D eigenvalue weighted by Crippen LogP contribution is 2.33. The van der Waals surface area contributed by atoms with Gasteiger partial charge in [0.2, 0.25) is 0 Å². The lowest BCUT2D eigenvalue weighted by atomic mass is 10.3. The fourth-order valence-electron chi connectivity index (χ4n) is 0.998. The number of anilines is 2. The first kappa shape index (κ1) is 8.67. The number of hydrogen-bond acceptors (Lipinski definition) is 4. The van der Waals surface area contributed by atoms with E-state index in [4.69, 9.17) is 5.73 Å². The number of rotatable bonds is 0. The second kappa shape index (κ2) is 2.53. The molecule has 0 aliphatic carbocycles. The Labute approximate surface area is 76.9 Å². The minimum atomic E-state index is -3.86. The maximum absolute atomic E-state index is 12.7. The van der Waals surface area contributed by atoms with E-state index in [1.54, 1.807) is 0 Å². The molecule has 7 heteroatoms. The topological polar surface area (TPSA) is 77.2 Å². The number of nitrogens with zero attached hydrogens (tertiary/aromatic N) is 1. The molecule has 3 N–H and O–H groups in total. The van der Waals surface area contributed by atoms with Crippen LogP contribution in [0.25, 0.3) is 0 Å². The van der Waals surface area contributed by atoms with E-state index < -0.39 is 12.0 Å². The van der Waals surface area contributed by atoms with Crippen molar-refractivity contribution in [3.63, 3.8) is 0 Å². The van der Waals surface area contributed by atoms with Crippen LogP contribution >= 0.6 is 0 Å². The number of hydrogen-bond donors (Lipinski definition) is 2. The average Bonchev–Trinajstić information content (AvgIpc) is 2.08. The Bertz CT molecular complexity index is 408. The van der Waals surface area contributed by atoms with Gasteiger partial charge in [-0.3, -0.25) is 10.1 Å². The Morgan fingerprint density at radius 2 is 2.21 bits per heavy atom. The predicted octanol–water partition coefficient (Wildman–Crippen LogP) is 0.588. The van der Waals surface area contributed by atoms with Gasteiger partial charge in [0, 0.05) is 0 Å². The summed E-state index contributed by atoms with van der Waals surface area (Å²) in [6, 6.07) is 2.51. The number of aromatic nitrogens is 1. The van der Waals surface area contributed by atoms with Gasteiger partial charge < -0.3 is 10.5 Å². The summed E-state index contributed by atoms with van der Waals surface area (Å²) < 4.78 is 29.5. The highest BCUT2D eigenvalue weighted by atomic mass is 19.3. The van der Waals surface area contributed by atoms with E-state index in [1.807, 2.05) is 5.32 Å². The van der Waals surface area contributed by atoms with Crippen molar-refractivity contribution in [1.82, 2.24) is 4.98 Å². The first-order chi connectivity index (χ1) is 6.49. The summed E-state index contributed by atoms with van der Waals surface area (Å²) in [5, 5.41) is 1.89. The van der Waals surface area contributed by atoms with Gasteiger partial charge >= 0.3 is 12.0 Å². The number of alkyl halides is 2. The molecule has 1 aromatic rings. The van der Waals surface area contributed by atoms with E-state index in [0.717, 1.165) is 0 Å². The lowest BCUT2D eigenvalue weighted by molar-refractivity contribution is -0.189. The summed E-state index contributed by atoms with van der Waals surface area (Å²) >= 11 is 0. The summed E-state index contributed by atoms with van der Waals surface area (Å²) in [4.78, 5) is 14.3. The molecule has 0 saturated carbocycles. The maximum Gasteiger partial charge on any atom is 0.482 e. The molecular weight excluding hydrogens is 196 g/mol. The zero-order valence-corrected chi connectivity index (χ0v) is 6.75. The van der Waals surface area contributed by atoms with Crippen molar-refractivity contribution in [3.05, 3.63) is 12.1 Å². The lowest BCUT2D eigenvalue weighted by Crippen LogP contribution is -2.43. The van der Waals surface area contributed by atoms with Crippen LogP contribution in [0.4, 0.5) is 20.4 Å². The molecule has 0 aromatic carbocycles. The number of nitrogens with one attached hydrogen (secondary N) is 1. The third kappa shape index (κ3) is 1.22. The third-order valence-corrected chi connectivity index (χ3v) is 1.61. The Kier molecular flexibility index (Phi) is 1.57. The molecule has 1 aromatic heterocycles. The summed E-state index contributed by atoms with van der Waals surface area (Å²) in [7, 11) is 0. The standard InChI is InChI=1S/C7H5F2N3O2/c8-7(9)6(13)12-5-3(14-7)1-2-4(10)11-5/h1-2H,(H3,10,11,12,13). The highest BCUT2D eigenvalue weighted by Gasteiger charge is 2.46. The number of fused-ring (bicyclic) bond motifs is 1. The number of carbonyl (C=O) groups excluding carboxylic acids is 1. The van der Waals surface area contributed by atoms with Gasteiger partial charge in [0.05, 0.1) is 0 Å². The molecular formula is C7H5F2N3O2. The Morgan fingerprint density at radius 1 is 1.50 bits per heavy atom. The van der Waals surface area contributed by atoms with E-state index in [1.165, 1.54) is 12.1 Å². The van der Waals surface area contributed by atoms with Gasteiger partial charge in [-0.25, -0.2) is 4.98 Å². The average molecular weight is 201 g/mol. The van der Waals surface area contributed by atoms with Gasteiger partial charge in [-0.15, -0.1) is 0 Å². The second-order valence-electron chi connectivity index (χ2n) is 2.66. The summed E-state index contributed by atoms with van der Waals surface area (Å²) in [5.41, 5.74) is 5.29. The number of pyridine rings is 1. The van der Waals surface area contributed by atoms with E-state index >= 15 is 0 Å². The predicted molar refractivity (Wildman–Crippen MR) is 42.9 cm³/mol. The van der Waals surface area contributed by atoms with Crippen LogP contribution in [-0.4, -0.2) is 17.0 Å². The number of carbonyl (C=O) groups is 1. The fraction of sp³-hybridized carbons (Fsp3) is 0.143. The summed E-state index contributed by atoms with van der Waals surface area (Å²) in [6.45, 7) is 0. The first-order valence-corrected chi connectivity index (χ1v) is 3.64. The third-order valence-electron chi connectivity index (χ3n) is 1.61. The number of nitrogen functional groups attached to an aromatic ring is 1. The smallest absolute Gasteiger partial charge is 0.421 e. The Hall–Kier alpha value is -1.92. The van der Waals surface area contributed by atoms with Crippen molar-refractivity contribution in [2.24, 2.45) is 0 Å². The molecule has 0 spiro atoms. The van der Waals surface area contributed by atoms with Gasteiger partial charge in [0.1, 0.15) is 5.82 Å². The van der Waals surface area contributed by atoms with Crippen LogP contribution in [0.3, 0.4) is 0 Å². The quantitative estimate of drug-likeness (QED) is 0.643. The molecule has 0 radical (unpaired) electrons. The SMILES string of the molecule is Nc1ccc2c(n1)NC(=O)C(F)(F)O2. The van der Waals surface area contributed by atoms with Crippen molar-refractivity contribution in [3.8, 4) is 5.75 Å². The van der Waals surface area contributed by atoms with Gasteiger partial charge in [-0.05, 0) is 12.1 Å². The van der Waals surface area contributed by atoms with Crippen LogP contribution in [0.2, 0.25) is 0 Å². The zero-order valence-electron chi connectivity index (χ0n) is 6.75. The number of halogens is 2. The van der Waals surface area contributed by atoms with E-state index in [9.17, 15) is 13.6 Å². The zero-order chi connectivity index (χ0) is 10.3. The van der Waals surface area contributed by atoms with Crippen LogP contribution in [0.5, 0.6) is 5.75 Å². The van der Waals surface area contributed by atoms with Crippen LogP contribution in [0.15, 0.2) is 12.1 Å². The van der Waals surface area contributed by atoms with Crippen molar-refractivity contribution < 1.29 is 18.3 Å². The van der Waals surface area contributed by atoms with E-state index in [2.05, 4.69) is 9.72 Å². The summed E-state index contributed by atoms with van der Waals surface area (Å²) in [6.07, 6.45) is -3.86. The van der Waals surface area contributed by atoms with Crippen molar-refractivity contribution in [1.29, 1.82) is 0 Å². The first-order valence-electron chi connectivity index (χ1n) is 3.64. The molecule has 1 aliphatic heterocycles. The normalized spacial score (nSPS) is 18.0. The van der Waals surface area contributed by atoms with Crippen molar-refractivity contribution >= 4 is 17.5 Å². The van der Waals surface area contributed by atoms with Crippen LogP contribution in [-0.2, 0) is 4.79 Å². The Morgan fingerprint density at radius 3 is 2.93 bits per heavy atom. The molecule has 0 fully saturated rings. The van der Waals surface area contributed by atoms with Gasteiger partial charge in [0.15, 0.2) is 11.6 Å². The number of nitrogens with two attached hydrogens (primary N) is 1. The second-order valence-corrected chi connectivity index (χ2v) is 2.66. The Balaban J connectivity index is 2.46. The molecule has 74 valence electrons. The number of amides is 1. The molecule has 0 saturated heterocycles. The molecule has 0 atom stereocenters.